The molecular weight excluding hydrogens is 382 g/mol. The van der Waals surface area contributed by atoms with Crippen LogP contribution in [-0.4, -0.2) is 11.1 Å². The summed E-state index contributed by atoms with van der Waals surface area (Å²) in [5.41, 5.74) is -2.28. The number of hydrogen-bond acceptors (Lipinski definition) is 3. The number of thioether (sulfide) groups is 1. The van der Waals surface area contributed by atoms with Crippen molar-refractivity contribution in [3.05, 3.63) is 45.4 Å². The van der Waals surface area contributed by atoms with E-state index < -0.39 is 35.4 Å². The third-order valence-corrected chi connectivity index (χ3v) is 4.69. The molecule has 0 saturated carbocycles. The van der Waals surface area contributed by atoms with Gasteiger partial charge in [0.1, 0.15) is 0 Å². The normalized spacial score (nSPS) is 16.6. The van der Waals surface area contributed by atoms with Gasteiger partial charge in [-0.25, -0.2) is 0 Å². The zero-order valence-electron chi connectivity index (χ0n) is 13.8. The molecule has 0 spiro atoms. The number of rotatable bonds is 2. The SMILES string of the molecule is CC(C)=C1SC(N[C@@H](C)c2cc(C(F)(F)F)cc(C(F)(F)F)c2)=NC1=O. The Balaban J connectivity index is 2.34. The molecule has 0 saturated heterocycles. The highest BCUT2D eigenvalue weighted by Gasteiger charge is 2.37. The second kappa shape index (κ2) is 6.98. The maximum atomic E-state index is 12.9. The van der Waals surface area contributed by atoms with Gasteiger partial charge in [-0.1, -0.05) is 5.57 Å². The summed E-state index contributed by atoms with van der Waals surface area (Å²) in [7, 11) is 0. The fourth-order valence-electron chi connectivity index (χ4n) is 2.18. The van der Waals surface area contributed by atoms with Gasteiger partial charge in [0.15, 0.2) is 5.17 Å². The average molecular weight is 396 g/mol. The lowest BCUT2D eigenvalue weighted by molar-refractivity contribution is -0.143. The van der Waals surface area contributed by atoms with Crippen LogP contribution in [0.3, 0.4) is 0 Å². The lowest BCUT2D eigenvalue weighted by atomic mass is 10.0. The van der Waals surface area contributed by atoms with Crippen molar-refractivity contribution < 1.29 is 31.1 Å². The van der Waals surface area contributed by atoms with E-state index in [0.29, 0.717) is 22.6 Å². The third-order valence-electron chi connectivity index (χ3n) is 3.50. The van der Waals surface area contributed by atoms with Crippen molar-refractivity contribution in [3.63, 3.8) is 0 Å². The van der Waals surface area contributed by atoms with Gasteiger partial charge >= 0.3 is 12.4 Å². The van der Waals surface area contributed by atoms with Gasteiger partial charge in [-0.2, -0.15) is 31.3 Å². The van der Waals surface area contributed by atoms with Crippen molar-refractivity contribution in [2.24, 2.45) is 4.99 Å². The highest BCUT2D eigenvalue weighted by atomic mass is 32.2. The molecule has 0 unspecified atom stereocenters. The number of benzene rings is 1. The number of alkyl halides is 6. The summed E-state index contributed by atoms with van der Waals surface area (Å²) in [6.07, 6.45) is -9.83. The van der Waals surface area contributed by atoms with Crippen LogP contribution >= 0.6 is 11.8 Å². The van der Waals surface area contributed by atoms with Crippen molar-refractivity contribution in [3.8, 4) is 0 Å². The predicted octanol–water partition coefficient (Wildman–Crippen LogP) is 5.30. The molecule has 1 heterocycles. The van der Waals surface area contributed by atoms with E-state index in [-0.39, 0.29) is 16.8 Å². The fourth-order valence-corrected chi connectivity index (χ4v) is 3.08. The minimum absolute atomic E-state index is 0.0723. The van der Waals surface area contributed by atoms with E-state index in [4.69, 9.17) is 0 Å². The maximum Gasteiger partial charge on any atom is 0.416 e. The molecule has 1 aliphatic rings. The van der Waals surface area contributed by atoms with E-state index in [2.05, 4.69) is 10.3 Å². The van der Waals surface area contributed by atoms with Gasteiger partial charge in [0.05, 0.1) is 22.1 Å². The summed E-state index contributed by atoms with van der Waals surface area (Å²) in [6, 6.07) is 0.449. The second-order valence-corrected chi connectivity index (χ2v) is 6.86. The molecule has 1 aromatic carbocycles. The number of amides is 1. The summed E-state index contributed by atoms with van der Waals surface area (Å²) in [4.78, 5) is 15.8. The largest absolute Gasteiger partial charge is 0.416 e. The van der Waals surface area contributed by atoms with Crippen molar-refractivity contribution >= 4 is 22.8 Å². The Hall–Kier alpha value is -1.97. The number of halogens is 6. The lowest BCUT2D eigenvalue weighted by Gasteiger charge is -2.19. The van der Waals surface area contributed by atoms with Crippen molar-refractivity contribution in [2.45, 2.75) is 39.2 Å². The van der Waals surface area contributed by atoms with Crippen LogP contribution in [0.2, 0.25) is 0 Å². The van der Waals surface area contributed by atoms with Crippen LogP contribution in [0.25, 0.3) is 0 Å². The average Bonchev–Trinajstić information content (AvgIpc) is 2.85. The fraction of sp³-hybridized carbons (Fsp3) is 0.375. The number of nitrogens with one attached hydrogen (secondary N) is 1. The first-order chi connectivity index (χ1) is 11.8. The van der Waals surface area contributed by atoms with Gasteiger partial charge in [-0.3, -0.25) is 4.79 Å². The van der Waals surface area contributed by atoms with Gasteiger partial charge in [-0.05, 0) is 56.3 Å². The van der Waals surface area contributed by atoms with E-state index >= 15 is 0 Å². The molecule has 1 aromatic rings. The molecule has 26 heavy (non-hydrogen) atoms. The molecule has 10 heteroatoms. The van der Waals surface area contributed by atoms with Gasteiger partial charge < -0.3 is 5.32 Å². The molecule has 3 nitrogen and oxygen atoms in total. The Morgan fingerprint density at radius 3 is 1.92 bits per heavy atom. The van der Waals surface area contributed by atoms with Crippen LogP contribution < -0.4 is 5.32 Å². The zero-order chi connectivity index (χ0) is 19.9. The third kappa shape index (κ3) is 4.60. The van der Waals surface area contributed by atoms with Crippen LogP contribution in [0.5, 0.6) is 0 Å². The predicted molar refractivity (Wildman–Crippen MR) is 86.4 cm³/mol. The number of carbonyl (C=O) groups excluding carboxylic acids is 1. The van der Waals surface area contributed by atoms with Gasteiger partial charge in [0, 0.05) is 0 Å². The molecule has 142 valence electrons. The molecule has 1 amide bonds. The monoisotopic (exact) mass is 396 g/mol. The first-order valence-electron chi connectivity index (χ1n) is 7.33. The smallest absolute Gasteiger partial charge is 0.358 e. The first-order valence-corrected chi connectivity index (χ1v) is 8.15. The summed E-state index contributed by atoms with van der Waals surface area (Å²) in [5.74, 6) is -0.496. The topological polar surface area (TPSA) is 41.5 Å². The minimum atomic E-state index is -4.92. The number of aliphatic imine (C=N–C) groups is 1. The van der Waals surface area contributed by atoms with E-state index in [0.717, 1.165) is 11.8 Å². The maximum absolute atomic E-state index is 12.9. The van der Waals surface area contributed by atoms with Crippen LogP contribution in [0.4, 0.5) is 26.3 Å². The molecule has 1 aliphatic heterocycles. The Morgan fingerprint density at radius 2 is 1.54 bits per heavy atom. The van der Waals surface area contributed by atoms with Crippen LogP contribution in [-0.2, 0) is 17.1 Å². The number of amidine groups is 1. The van der Waals surface area contributed by atoms with Crippen LogP contribution in [0.15, 0.2) is 33.7 Å². The number of hydrogen-bond donors (Lipinski definition) is 1. The summed E-state index contributed by atoms with van der Waals surface area (Å²) in [6.45, 7) is 4.79. The molecular formula is C16H14F6N2OS. The van der Waals surface area contributed by atoms with Gasteiger partial charge in [0.2, 0.25) is 0 Å². The van der Waals surface area contributed by atoms with Gasteiger partial charge in [-0.15, -0.1) is 0 Å². The number of carbonyl (C=O) groups is 1. The number of allylic oxidation sites excluding steroid dienone is 1. The minimum Gasteiger partial charge on any atom is -0.358 e. The van der Waals surface area contributed by atoms with E-state index in [1.54, 1.807) is 13.8 Å². The summed E-state index contributed by atoms with van der Waals surface area (Å²) < 4.78 is 77.6. The second-order valence-electron chi connectivity index (χ2n) is 5.86. The number of nitrogens with zero attached hydrogens (tertiary/aromatic N) is 1. The molecule has 0 radical (unpaired) electrons. The Labute approximate surface area is 149 Å². The Kier molecular flexibility index (Phi) is 5.46. The van der Waals surface area contributed by atoms with Gasteiger partial charge in [0.25, 0.3) is 5.91 Å². The molecule has 0 aromatic heterocycles. The molecule has 0 fully saturated rings. The molecule has 2 rings (SSSR count). The Morgan fingerprint density at radius 1 is 1.04 bits per heavy atom. The first kappa shape index (κ1) is 20.3. The zero-order valence-corrected chi connectivity index (χ0v) is 14.7. The van der Waals surface area contributed by atoms with Crippen LogP contribution in [0.1, 0.15) is 43.5 Å². The summed E-state index contributed by atoms with van der Waals surface area (Å²) in [5, 5.41) is 2.82. The lowest BCUT2D eigenvalue weighted by Crippen LogP contribution is -2.24. The molecule has 1 atom stereocenters. The highest BCUT2D eigenvalue weighted by molar-refractivity contribution is 8.18. The van der Waals surface area contributed by atoms with Crippen LogP contribution in [0, 0.1) is 0 Å². The van der Waals surface area contributed by atoms with Crippen molar-refractivity contribution in [1.29, 1.82) is 0 Å². The highest BCUT2D eigenvalue weighted by Crippen LogP contribution is 2.38. The van der Waals surface area contributed by atoms with Crippen molar-refractivity contribution in [1.82, 2.24) is 5.32 Å². The summed E-state index contributed by atoms with van der Waals surface area (Å²) >= 11 is 0.994. The van der Waals surface area contributed by atoms with E-state index in [1.165, 1.54) is 6.92 Å². The molecule has 1 N–H and O–H groups in total. The molecule has 0 bridgehead atoms. The molecule has 0 aliphatic carbocycles. The Bertz CT molecular complexity index is 759. The van der Waals surface area contributed by atoms with E-state index in [1.807, 2.05) is 0 Å². The van der Waals surface area contributed by atoms with Crippen molar-refractivity contribution in [2.75, 3.05) is 0 Å². The standard InChI is InChI=1S/C16H14F6N2OS/c1-7(2)12-13(25)24-14(26-12)23-8(3)9-4-10(15(17,18)19)6-11(5-9)16(20,21)22/h4-6,8H,1-3H3,(H,23,24,25)/t8-/m0/s1. The van der Waals surface area contributed by atoms with E-state index in [9.17, 15) is 31.1 Å². The quantitative estimate of drug-likeness (QED) is 0.545.